The molecule has 0 aliphatic carbocycles. The third-order valence-corrected chi connectivity index (χ3v) is 4.25. The molecular weight excluding hydrogens is 204 g/mol. The van der Waals surface area contributed by atoms with Crippen molar-refractivity contribution in [3.05, 3.63) is 0 Å². The first-order chi connectivity index (χ1) is 7.03. The number of rotatable bonds is 5. The maximum atomic E-state index is 5.60. The lowest BCUT2D eigenvalue weighted by atomic mass is 9.82. The Labute approximate surface area is 99.2 Å². The molecule has 0 bridgehead atoms. The summed E-state index contributed by atoms with van der Waals surface area (Å²) in [4.78, 5) is 3.19. The van der Waals surface area contributed by atoms with Crippen LogP contribution < -0.4 is 5.73 Å². The van der Waals surface area contributed by atoms with Crippen LogP contribution in [0.25, 0.3) is 0 Å². The first kappa shape index (κ1) is 12.9. The topological polar surface area (TPSA) is 29.3 Å². The standard InChI is InChI=1S/C12H24N2S/c1-4-12(5-2)6-7-14(9-12)10(3)8-11(13)15/h10H,4-9H2,1-3H3,(H2,13,15). The third-order valence-electron chi connectivity index (χ3n) is 4.09. The third kappa shape index (κ3) is 3.15. The second-order valence-electron chi connectivity index (χ2n) is 4.95. The Kier molecular flexibility index (Phi) is 4.53. The van der Waals surface area contributed by atoms with Gasteiger partial charge in [-0.05, 0) is 38.1 Å². The van der Waals surface area contributed by atoms with Gasteiger partial charge in [0.05, 0.1) is 4.99 Å². The molecular formula is C12H24N2S. The van der Waals surface area contributed by atoms with Crippen molar-refractivity contribution in [3.63, 3.8) is 0 Å². The minimum absolute atomic E-state index is 0.516. The van der Waals surface area contributed by atoms with E-state index in [1.165, 1.54) is 32.4 Å². The van der Waals surface area contributed by atoms with Crippen LogP contribution in [-0.2, 0) is 0 Å². The van der Waals surface area contributed by atoms with E-state index in [-0.39, 0.29) is 0 Å². The van der Waals surface area contributed by atoms with E-state index in [4.69, 9.17) is 18.0 Å². The predicted octanol–water partition coefficient (Wildman–Crippen LogP) is 2.56. The molecule has 1 aliphatic heterocycles. The van der Waals surface area contributed by atoms with Gasteiger partial charge in [0.1, 0.15) is 0 Å². The number of hydrogen-bond acceptors (Lipinski definition) is 2. The number of likely N-dealkylation sites (tertiary alicyclic amines) is 1. The number of thiocarbonyl (C=S) groups is 1. The molecule has 0 radical (unpaired) electrons. The van der Waals surface area contributed by atoms with Crippen molar-refractivity contribution in [2.45, 2.75) is 52.5 Å². The van der Waals surface area contributed by atoms with Gasteiger partial charge in [0.15, 0.2) is 0 Å². The minimum atomic E-state index is 0.516. The predicted molar refractivity (Wildman–Crippen MR) is 70.1 cm³/mol. The molecule has 0 saturated carbocycles. The van der Waals surface area contributed by atoms with E-state index in [2.05, 4.69) is 25.7 Å². The normalized spacial score (nSPS) is 22.9. The Balaban J connectivity index is 2.51. The first-order valence-electron chi connectivity index (χ1n) is 6.05. The van der Waals surface area contributed by atoms with Crippen LogP contribution in [-0.4, -0.2) is 29.0 Å². The summed E-state index contributed by atoms with van der Waals surface area (Å²) in [7, 11) is 0. The summed E-state index contributed by atoms with van der Waals surface area (Å²) in [6, 6.07) is 0.516. The molecule has 2 N–H and O–H groups in total. The van der Waals surface area contributed by atoms with Crippen LogP contribution in [0.1, 0.15) is 46.5 Å². The highest BCUT2D eigenvalue weighted by Crippen LogP contribution is 2.37. The average Bonchev–Trinajstić information content (AvgIpc) is 2.62. The fraction of sp³-hybridized carbons (Fsp3) is 0.917. The quantitative estimate of drug-likeness (QED) is 0.733. The van der Waals surface area contributed by atoms with Gasteiger partial charge in [0, 0.05) is 19.0 Å². The summed E-state index contributed by atoms with van der Waals surface area (Å²) in [5.41, 5.74) is 6.16. The second kappa shape index (κ2) is 5.26. The largest absolute Gasteiger partial charge is 0.393 e. The molecule has 1 heterocycles. The van der Waals surface area contributed by atoms with E-state index in [0.29, 0.717) is 16.4 Å². The van der Waals surface area contributed by atoms with Crippen molar-refractivity contribution >= 4 is 17.2 Å². The van der Waals surface area contributed by atoms with E-state index in [9.17, 15) is 0 Å². The van der Waals surface area contributed by atoms with Crippen LogP contribution in [0.2, 0.25) is 0 Å². The zero-order valence-electron chi connectivity index (χ0n) is 10.3. The summed E-state index contributed by atoms with van der Waals surface area (Å²) in [6.45, 7) is 9.30. The van der Waals surface area contributed by atoms with Crippen molar-refractivity contribution in [1.82, 2.24) is 4.90 Å². The molecule has 0 aromatic carbocycles. The van der Waals surface area contributed by atoms with Crippen LogP contribution >= 0.6 is 12.2 Å². The first-order valence-corrected chi connectivity index (χ1v) is 6.46. The van der Waals surface area contributed by atoms with Crippen molar-refractivity contribution in [2.24, 2.45) is 11.1 Å². The monoisotopic (exact) mass is 228 g/mol. The number of hydrogen-bond donors (Lipinski definition) is 1. The van der Waals surface area contributed by atoms with E-state index in [1.54, 1.807) is 0 Å². The summed E-state index contributed by atoms with van der Waals surface area (Å²) < 4.78 is 0. The Bertz CT molecular complexity index is 224. The van der Waals surface area contributed by atoms with Gasteiger partial charge in [-0.3, -0.25) is 4.90 Å². The molecule has 0 aromatic heterocycles. The van der Waals surface area contributed by atoms with Gasteiger partial charge in [-0.1, -0.05) is 26.1 Å². The summed E-state index contributed by atoms with van der Waals surface area (Å²) in [5, 5.41) is 0. The van der Waals surface area contributed by atoms with Gasteiger partial charge in [-0.15, -0.1) is 0 Å². The molecule has 1 fully saturated rings. The molecule has 1 unspecified atom stereocenters. The van der Waals surface area contributed by atoms with Gasteiger partial charge >= 0.3 is 0 Å². The van der Waals surface area contributed by atoms with E-state index < -0.39 is 0 Å². The van der Waals surface area contributed by atoms with Crippen molar-refractivity contribution < 1.29 is 0 Å². The van der Waals surface area contributed by atoms with Gasteiger partial charge in [0.2, 0.25) is 0 Å². The highest BCUT2D eigenvalue weighted by atomic mass is 32.1. The fourth-order valence-electron chi connectivity index (χ4n) is 2.59. The average molecular weight is 228 g/mol. The van der Waals surface area contributed by atoms with Crippen molar-refractivity contribution in [2.75, 3.05) is 13.1 Å². The molecule has 3 heteroatoms. The fourth-order valence-corrected chi connectivity index (χ4v) is 2.83. The zero-order valence-corrected chi connectivity index (χ0v) is 11.1. The van der Waals surface area contributed by atoms with Crippen molar-refractivity contribution in [1.29, 1.82) is 0 Å². The molecule has 0 amide bonds. The Morgan fingerprint density at radius 2 is 2.07 bits per heavy atom. The van der Waals surface area contributed by atoms with Crippen LogP contribution in [0.3, 0.4) is 0 Å². The molecule has 15 heavy (non-hydrogen) atoms. The molecule has 88 valence electrons. The molecule has 0 aromatic rings. The van der Waals surface area contributed by atoms with Gasteiger partial charge < -0.3 is 5.73 Å². The molecule has 1 rings (SSSR count). The van der Waals surface area contributed by atoms with Gasteiger partial charge in [-0.2, -0.15) is 0 Å². The van der Waals surface area contributed by atoms with Crippen LogP contribution in [0.5, 0.6) is 0 Å². The summed E-state index contributed by atoms with van der Waals surface area (Å²) >= 11 is 4.97. The zero-order chi connectivity index (χ0) is 11.5. The molecule has 0 spiro atoms. The molecule has 1 atom stereocenters. The number of nitrogens with two attached hydrogens (primary N) is 1. The minimum Gasteiger partial charge on any atom is -0.393 e. The lowest BCUT2D eigenvalue weighted by Gasteiger charge is -2.29. The number of nitrogens with zero attached hydrogens (tertiary/aromatic N) is 1. The Hall–Kier alpha value is -0.150. The summed E-state index contributed by atoms with van der Waals surface area (Å²) in [5.74, 6) is 0. The SMILES string of the molecule is CCC1(CC)CCN(C(C)CC(N)=S)C1. The maximum absolute atomic E-state index is 5.60. The van der Waals surface area contributed by atoms with E-state index in [0.717, 1.165) is 6.42 Å². The molecule has 1 aliphatic rings. The Morgan fingerprint density at radius 1 is 1.47 bits per heavy atom. The van der Waals surface area contributed by atoms with Gasteiger partial charge in [0.25, 0.3) is 0 Å². The van der Waals surface area contributed by atoms with Crippen LogP contribution in [0.15, 0.2) is 0 Å². The summed E-state index contributed by atoms with van der Waals surface area (Å²) in [6.07, 6.45) is 4.78. The van der Waals surface area contributed by atoms with Gasteiger partial charge in [-0.25, -0.2) is 0 Å². The molecule has 2 nitrogen and oxygen atoms in total. The van der Waals surface area contributed by atoms with Crippen LogP contribution in [0.4, 0.5) is 0 Å². The Morgan fingerprint density at radius 3 is 2.47 bits per heavy atom. The second-order valence-corrected chi connectivity index (χ2v) is 5.47. The van der Waals surface area contributed by atoms with Crippen molar-refractivity contribution in [3.8, 4) is 0 Å². The highest BCUT2D eigenvalue weighted by molar-refractivity contribution is 7.80. The highest BCUT2D eigenvalue weighted by Gasteiger charge is 2.36. The smallest absolute Gasteiger partial charge is 0.0742 e. The maximum Gasteiger partial charge on any atom is 0.0742 e. The lowest BCUT2D eigenvalue weighted by Crippen LogP contribution is -2.35. The van der Waals surface area contributed by atoms with Crippen LogP contribution in [0, 0.1) is 5.41 Å². The van der Waals surface area contributed by atoms with E-state index >= 15 is 0 Å². The molecule has 1 saturated heterocycles. The lowest BCUT2D eigenvalue weighted by molar-refractivity contribution is 0.206. The van der Waals surface area contributed by atoms with E-state index in [1.807, 2.05) is 0 Å².